The van der Waals surface area contributed by atoms with Gasteiger partial charge in [-0.1, -0.05) is 6.07 Å². The predicted molar refractivity (Wildman–Crippen MR) is 129 cm³/mol. The number of urea groups is 1. The van der Waals surface area contributed by atoms with Gasteiger partial charge < -0.3 is 23.8 Å². The number of rotatable bonds is 5. The van der Waals surface area contributed by atoms with E-state index in [4.69, 9.17) is 18.9 Å². The minimum atomic E-state index is -0.865. The van der Waals surface area contributed by atoms with Gasteiger partial charge in [-0.3, -0.25) is 19.7 Å². The van der Waals surface area contributed by atoms with Crippen LogP contribution in [0, 0.1) is 0 Å². The molecule has 5 rings (SSSR count). The Kier molecular flexibility index (Phi) is 6.61. The van der Waals surface area contributed by atoms with Crippen LogP contribution in [0.3, 0.4) is 0 Å². The largest absolute Gasteiger partial charge is 0.483 e. The summed E-state index contributed by atoms with van der Waals surface area (Å²) in [6.07, 6.45) is 1.37. The van der Waals surface area contributed by atoms with Crippen molar-refractivity contribution in [3.8, 4) is 17.2 Å². The van der Waals surface area contributed by atoms with Gasteiger partial charge in [0.2, 0.25) is 6.79 Å². The number of amides is 5. The zero-order valence-corrected chi connectivity index (χ0v) is 20.4. The first-order valence-electron chi connectivity index (χ1n) is 11.0. The Morgan fingerprint density at radius 3 is 2.61 bits per heavy atom. The van der Waals surface area contributed by atoms with Crippen molar-refractivity contribution in [3.05, 3.63) is 52.0 Å². The first-order valence-corrected chi connectivity index (χ1v) is 11.8. The molecule has 0 aliphatic carbocycles. The van der Waals surface area contributed by atoms with Crippen molar-refractivity contribution in [2.75, 3.05) is 44.6 Å². The average molecular weight is 558 g/mol. The molecule has 186 valence electrons. The quantitative estimate of drug-likeness (QED) is 0.437. The average Bonchev–Trinajstić information content (AvgIpc) is 3.34. The first-order chi connectivity index (χ1) is 17.4. The van der Waals surface area contributed by atoms with Gasteiger partial charge in [-0.2, -0.15) is 0 Å². The molecule has 11 nitrogen and oxygen atoms in total. The second kappa shape index (κ2) is 9.99. The molecule has 36 heavy (non-hydrogen) atoms. The van der Waals surface area contributed by atoms with Gasteiger partial charge in [0.15, 0.2) is 18.1 Å². The molecule has 3 aliphatic rings. The van der Waals surface area contributed by atoms with Crippen molar-refractivity contribution >= 4 is 51.4 Å². The van der Waals surface area contributed by atoms with Gasteiger partial charge in [-0.25, -0.2) is 9.69 Å². The van der Waals surface area contributed by atoms with Crippen LogP contribution in [0.4, 0.5) is 10.5 Å². The molecule has 2 fully saturated rings. The second-order valence-electron chi connectivity index (χ2n) is 7.97. The van der Waals surface area contributed by atoms with Crippen LogP contribution in [0.2, 0.25) is 0 Å². The minimum absolute atomic E-state index is 0.0402. The summed E-state index contributed by atoms with van der Waals surface area (Å²) in [4.78, 5) is 52.9. The first kappa shape index (κ1) is 23.8. The van der Waals surface area contributed by atoms with E-state index in [9.17, 15) is 19.2 Å². The lowest BCUT2D eigenvalue weighted by Gasteiger charge is -2.27. The zero-order valence-electron chi connectivity index (χ0n) is 18.8. The Hall–Kier alpha value is -3.90. The highest BCUT2D eigenvalue weighted by Gasteiger charge is 2.37. The Labute approximate surface area is 213 Å². The molecule has 5 amide bonds. The number of nitrogens with one attached hydrogen (secondary N) is 1. The molecule has 12 heteroatoms. The van der Waals surface area contributed by atoms with Crippen LogP contribution in [0.15, 0.2) is 46.4 Å². The normalized spacial score (nSPS) is 18.5. The van der Waals surface area contributed by atoms with E-state index in [-0.39, 0.29) is 30.6 Å². The number of carbonyl (C=O) groups excluding carboxylic acids is 4. The van der Waals surface area contributed by atoms with Crippen molar-refractivity contribution in [2.24, 2.45) is 0 Å². The molecule has 0 spiro atoms. The fraction of sp³-hybridized carbons (Fsp3) is 0.250. The summed E-state index contributed by atoms with van der Waals surface area (Å²) < 4.78 is 22.0. The van der Waals surface area contributed by atoms with E-state index in [2.05, 4.69) is 21.2 Å². The van der Waals surface area contributed by atoms with E-state index < -0.39 is 17.8 Å². The summed E-state index contributed by atoms with van der Waals surface area (Å²) in [7, 11) is 0. The van der Waals surface area contributed by atoms with Crippen molar-refractivity contribution < 1.29 is 38.1 Å². The number of imide groups is 2. The van der Waals surface area contributed by atoms with Crippen molar-refractivity contribution in [3.63, 3.8) is 0 Å². The molecule has 2 saturated heterocycles. The molecular weight excluding hydrogens is 538 g/mol. The fourth-order valence-electron chi connectivity index (χ4n) is 3.85. The van der Waals surface area contributed by atoms with Crippen molar-refractivity contribution in [1.29, 1.82) is 0 Å². The number of hydrogen-bond donors (Lipinski definition) is 1. The van der Waals surface area contributed by atoms with E-state index in [1.807, 2.05) is 0 Å². The monoisotopic (exact) mass is 557 g/mol. The Balaban J connectivity index is 1.32. The lowest BCUT2D eigenvalue weighted by atomic mass is 10.1. The highest BCUT2D eigenvalue weighted by atomic mass is 79.9. The number of halogens is 1. The SMILES string of the molecule is O=C1NC(=O)N(c2ccc3c(c2)OCO3)C(=O)/C1=C/c1ccc(OCC(=O)N2CCOCC2)c(Br)c1. The molecule has 2 aromatic rings. The number of morpholine rings is 1. The van der Waals surface area contributed by atoms with Crippen LogP contribution < -0.4 is 24.4 Å². The molecule has 3 aliphatic heterocycles. The zero-order chi connectivity index (χ0) is 25.2. The maximum absolute atomic E-state index is 13.1. The molecule has 0 saturated carbocycles. The van der Waals surface area contributed by atoms with E-state index >= 15 is 0 Å². The van der Waals surface area contributed by atoms with Gasteiger partial charge in [0.1, 0.15) is 11.3 Å². The summed E-state index contributed by atoms with van der Waals surface area (Å²) in [5.74, 6) is -0.425. The Morgan fingerprint density at radius 2 is 1.83 bits per heavy atom. The minimum Gasteiger partial charge on any atom is -0.483 e. The third-order valence-electron chi connectivity index (χ3n) is 5.70. The number of ether oxygens (including phenoxy) is 4. The van der Waals surface area contributed by atoms with E-state index in [0.717, 1.165) is 4.90 Å². The van der Waals surface area contributed by atoms with Crippen LogP contribution in [0.1, 0.15) is 5.56 Å². The molecule has 2 aromatic carbocycles. The molecule has 1 N–H and O–H groups in total. The van der Waals surface area contributed by atoms with Crippen LogP contribution in [-0.4, -0.2) is 68.4 Å². The van der Waals surface area contributed by atoms with E-state index in [1.54, 1.807) is 29.2 Å². The Bertz CT molecular complexity index is 1290. The van der Waals surface area contributed by atoms with Crippen LogP contribution in [0.25, 0.3) is 6.08 Å². The van der Waals surface area contributed by atoms with E-state index in [0.29, 0.717) is 53.6 Å². The maximum Gasteiger partial charge on any atom is 0.335 e. The van der Waals surface area contributed by atoms with E-state index in [1.165, 1.54) is 18.2 Å². The number of barbiturate groups is 1. The van der Waals surface area contributed by atoms with Crippen molar-refractivity contribution in [1.82, 2.24) is 10.2 Å². The topological polar surface area (TPSA) is 124 Å². The molecule has 0 unspecified atom stereocenters. The number of nitrogens with zero attached hydrogens (tertiary/aromatic N) is 2. The van der Waals surface area contributed by atoms with Crippen LogP contribution in [0.5, 0.6) is 17.2 Å². The molecular formula is C24H20BrN3O8. The standard InChI is InChI=1S/C24H20BrN3O8/c25-17-10-14(1-3-18(17)34-12-21(29)27-5-7-33-8-6-27)9-16-22(30)26-24(32)28(23(16)31)15-2-4-19-20(11-15)36-13-35-19/h1-4,9-11H,5-8,12-13H2,(H,26,30,32)/b16-9+. The lowest BCUT2D eigenvalue weighted by Crippen LogP contribution is -2.54. The van der Waals surface area contributed by atoms with Gasteiger partial charge >= 0.3 is 6.03 Å². The third-order valence-corrected chi connectivity index (χ3v) is 6.32. The number of fused-ring (bicyclic) bond motifs is 1. The molecule has 0 atom stereocenters. The van der Waals surface area contributed by atoms with Crippen molar-refractivity contribution in [2.45, 2.75) is 0 Å². The van der Waals surface area contributed by atoms with Crippen LogP contribution in [-0.2, 0) is 19.1 Å². The summed E-state index contributed by atoms with van der Waals surface area (Å²) in [6.45, 7) is 1.96. The molecule has 0 aromatic heterocycles. The molecule has 0 bridgehead atoms. The summed E-state index contributed by atoms with van der Waals surface area (Å²) in [5.41, 5.74) is 0.512. The third kappa shape index (κ3) is 4.77. The maximum atomic E-state index is 13.1. The number of carbonyl (C=O) groups is 4. The highest BCUT2D eigenvalue weighted by molar-refractivity contribution is 9.10. The lowest BCUT2D eigenvalue weighted by molar-refractivity contribution is -0.137. The summed E-state index contributed by atoms with van der Waals surface area (Å²) in [6, 6.07) is 8.63. The highest BCUT2D eigenvalue weighted by Crippen LogP contribution is 2.36. The fourth-order valence-corrected chi connectivity index (χ4v) is 4.36. The second-order valence-corrected chi connectivity index (χ2v) is 8.82. The van der Waals surface area contributed by atoms with Gasteiger partial charge in [-0.15, -0.1) is 0 Å². The van der Waals surface area contributed by atoms with Gasteiger partial charge in [0.25, 0.3) is 17.7 Å². The number of hydrogen-bond acceptors (Lipinski definition) is 8. The molecule has 3 heterocycles. The summed E-state index contributed by atoms with van der Waals surface area (Å²) in [5, 5.41) is 2.19. The van der Waals surface area contributed by atoms with Crippen LogP contribution >= 0.6 is 15.9 Å². The molecule has 0 radical (unpaired) electrons. The number of anilines is 1. The van der Waals surface area contributed by atoms with Gasteiger partial charge in [0, 0.05) is 19.2 Å². The summed E-state index contributed by atoms with van der Waals surface area (Å²) >= 11 is 3.40. The predicted octanol–water partition coefficient (Wildman–Crippen LogP) is 2.08. The number of benzene rings is 2. The van der Waals surface area contributed by atoms with Gasteiger partial charge in [-0.05, 0) is 51.8 Å². The van der Waals surface area contributed by atoms with Gasteiger partial charge in [0.05, 0.1) is 23.4 Å². The Morgan fingerprint density at radius 1 is 1.06 bits per heavy atom. The smallest absolute Gasteiger partial charge is 0.335 e.